The molecule has 2 amide bonds. The minimum Gasteiger partial charge on any atom is -0.478 e. The minimum absolute atomic E-state index is 0.0779. The highest BCUT2D eigenvalue weighted by Gasteiger charge is 2.52. The average molecular weight is 595 g/mol. The van der Waals surface area contributed by atoms with Gasteiger partial charge in [0.05, 0.1) is 25.5 Å². The number of aromatic nitrogens is 6. The van der Waals surface area contributed by atoms with Crippen molar-refractivity contribution in [3.63, 3.8) is 0 Å². The molecule has 0 unspecified atom stereocenters. The highest BCUT2D eigenvalue weighted by molar-refractivity contribution is 5.94. The second kappa shape index (κ2) is 10.3. The average Bonchev–Trinajstić information content (AvgIpc) is 3.36. The minimum atomic E-state index is -3.31. The lowest BCUT2D eigenvalue weighted by Crippen LogP contribution is -2.36. The number of amides is 2. The molecule has 0 spiro atoms. The first-order valence-corrected chi connectivity index (χ1v) is 13.9. The summed E-state index contributed by atoms with van der Waals surface area (Å²) < 4.78 is 43.8. The predicted molar refractivity (Wildman–Crippen MR) is 151 cm³/mol. The Kier molecular flexibility index (Phi) is 6.81. The third-order valence-corrected chi connectivity index (χ3v) is 7.34. The van der Waals surface area contributed by atoms with Crippen LogP contribution in [0.5, 0.6) is 5.75 Å². The van der Waals surface area contributed by atoms with Crippen LogP contribution < -0.4 is 10.1 Å². The molecule has 1 aliphatic heterocycles. The fourth-order valence-electron chi connectivity index (χ4n) is 5.09. The van der Waals surface area contributed by atoms with Crippen molar-refractivity contribution < 1.29 is 27.8 Å². The smallest absolute Gasteiger partial charge is 0.410 e. The lowest BCUT2D eigenvalue weighted by molar-refractivity contribution is -0.117. The molecule has 43 heavy (non-hydrogen) atoms. The SMILES string of the molecule is Cc1ccc([C@@H]2C[C@@H]2C(=O)Nc2cn3nc(-c4c(O[C@@H]5CN(C(=O)OC(C)(C)C)CC5(F)F)cnn4C)ccc3n2)nc1. The van der Waals surface area contributed by atoms with Gasteiger partial charge < -0.3 is 14.8 Å². The van der Waals surface area contributed by atoms with Crippen LogP contribution in [-0.2, 0) is 16.6 Å². The number of imidazole rings is 1. The number of nitrogens with one attached hydrogen (secondary N) is 1. The van der Waals surface area contributed by atoms with E-state index in [4.69, 9.17) is 9.47 Å². The number of hydrogen-bond donors (Lipinski definition) is 1. The first-order chi connectivity index (χ1) is 20.3. The number of carbonyl (C=O) groups excluding carboxylic acids is 2. The van der Waals surface area contributed by atoms with Gasteiger partial charge in [-0.2, -0.15) is 10.2 Å². The van der Waals surface area contributed by atoms with Gasteiger partial charge in [-0.3, -0.25) is 19.4 Å². The highest BCUT2D eigenvalue weighted by atomic mass is 19.3. The van der Waals surface area contributed by atoms with E-state index in [1.54, 1.807) is 52.3 Å². The normalized spacial score (nSPS) is 21.2. The van der Waals surface area contributed by atoms with Crippen molar-refractivity contribution in [1.29, 1.82) is 0 Å². The van der Waals surface area contributed by atoms with Crippen LogP contribution in [0, 0.1) is 12.8 Å². The van der Waals surface area contributed by atoms with Crippen LogP contribution in [0.1, 0.15) is 44.4 Å². The maximum absolute atomic E-state index is 14.9. The molecule has 14 heteroatoms. The van der Waals surface area contributed by atoms with Gasteiger partial charge in [-0.1, -0.05) is 6.07 Å². The van der Waals surface area contributed by atoms with Crippen molar-refractivity contribution in [1.82, 2.24) is 34.3 Å². The Bertz CT molecular complexity index is 1690. The van der Waals surface area contributed by atoms with Gasteiger partial charge in [0.25, 0.3) is 0 Å². The van der Waals surface area contributed by atoms with Crippen LogP contribution in [0.3, 0.4) is 0 Å². The predicted octanol–water partition coefficient (Wildman–Crippen LogP) is 4.21. The summed E-state index contributed by atoms with van der Waals surface area (Å²) in [6, 6.07) is 7.29. The van der Waals surface area contributed by atoms with Crippen molar-refractivity contribution in [2.75, 3.05) is 18.4 Å². The quantitative estimate of drug-likeness (QED) is 0.352. The Balaban J connectivity index is 1.16. The van der Waals surface area contributed by atoms with Gasteiger partial charge in [0.2, 0.25) is 5.91 Å². The summed E-state index contributed by atoms with van der Waals surface area (Å²) in [5.74, 6) is -3.13. The van der Waals surface area contributed by atoms with Gasteiger partial charge in [0.1, 0.15) is 17.0 Å². The van der Waals surface area contributed by atoms with E-state index in [0.717, 1.165) is 22.6 Å². The highest BCUT2D eigenvalue weighted by Crippen LogP contribution is 2.47. The van der Waals surface area contributed by atoms with E-state index in [-0.39, 0.29) is 30.0 Å². The molecule has 4 aromatic heterocycles. The number of ether oxygens (including phenoxy) is 2. The van der Waals surface area contributed by atoms with Gasteiger partial charge in [0, 0.05) is 30.8 Å². The van der Waals surface area contributed by atoms with Crippen molar-refractivity contribution in [3.05, 3.63) is 54.1 Å². The first kappa shape index (κ1) is 28.5. The van der Waals surface area contributed by atoms with E-state index in [1.807, 2.05) is 19.1 Å². The maximum atomic E-state index is 14.9. The van der Waals surface area contributed by atoms with Crippen LogP contribution in [-0.4, -0.2) is 77.0 Å². The van der Waals surface area contributed by atoms with Crippen molar-refractivity contribution in [2.24, 2.45) is 13.0 Å². The van der Waals surface area contributed by atoms with Crippen molar-refractivity contribution in [3.8, 4) is 17.1 Å². The molecule has 12 nitrogen and oxygen atoms in total. The monoisotopic (exact) mass is 594 g/mol. The van der Waals surface area contributed by atoms with E-state index < -0.39 is 30.3 Å². The maximum Gasteiger partial charge on any atom is 0.410 e. The summed E-state index contributed by atoms with van der Waals surface area (Å²) in [5, 5.41) is 11.6. The Morgan fingerprint density at radius 3 is 2.65 bits per heavy atom. The second-order valence-electron chi connectivity index (χ2n) is 12.1. The molecule has 0 aromatic carbocycles. The fourth-order valence-corrected chi connectivity index (χ4v) is 5.09. The molecular formula is C29H32F2N8O4. The van der Waals surface area contributed by atoms with Gasteiger partial charge in [-0.25, -0.2) is 23.1 Å². The van der Waals surface area contributed by atoms with Gasteiger partial charge in [-0.05, 0) is 57.9 Å². The summed E-state index contributed by atoms with van der Waals surface area (Å²) in [6.07, 6.45) is 2.99. The topological polar surface area (TPSA) is 129 Å². The number of halogens is 2. The summed E-state index contributed by atoms with van der Waals surface area (Å²) in [5.41, 5.74) is 2.37. The molecule has 226 valence electrons. The standard InChI is InChI=1S/C29H32F2N8O4/c1-16-6-7-19(32-11-16)17-10-18(17)26(40)35-23-14-39-24(34-23)9-8-20(36-39)25-21(12-33-37(25)5)42-22-13-38(15-29(22,30)31)27(41)43-28(2,3)4/h6-9,11-12,14,17-18,22H,10,13,15H2,1-5H3,(H,35,40)/t17-,18+,22-/m1/s1. The zero-order valence-electron chi connectivity index (χ0n) is 24.4. The largest absolute Gasteiger partial charge is 0.478 e. The number of aryl methyl sites for hydroxylation is 2. The molecule has 6 rings (SSSR count). The number of hydrogen-bond acceptors (Lipinski definition) is 8. The molecule has 1 saturated carbocycles. The number of pyridine rings is 1. The molecule has 2 fully saturated rings. The van der Waals surface area contributed by atoms with Gasteiger partial charge >= 0.3 is 12.0 Å². The number of anilines is 1. The summed E-state index contributed by atoms with van der Waals surface area (Å²) >= 11 is 0. The third-order valence-electron chi connectivity index (χ3n) is 7.34. The van der Waals surface area contributed by atoms with Crippen LogP contribution in [0.25, 0.3) is 17.0 Å². The molecular weight excluding hydrogens is 562 g/mol. The number of likely N-dealkylation sites (tertiary alicyclic amines) is 1. The Morgan fingerprint density at radius 2 is 1.93 bits per heavy atom. The second-order valence-corrected chi connectivity index (χ2v) is 12.1. The van der Waals surface area contributed by atoms with Crippen LogP contribution in [0.4, 0.5) is 19.4 Å². The zero-order chi connectivity index (χ0) is 30.7. The third kappa shape index (κ3) is 5.86. The van der Waals surface area contributed by atoms with E-state index in [9.17, 15) is 18.4 Å². The molecule has 3 atom stereocenters. The summed E-state index contributed by atoms with van der Waals surface area (Å²) in [4.78, 5) is 35.1. The Labute approximate surface area is 246 Å². The molecule has 1 saturated heterocycles. The molecule has 1 aliphatic carbocycles. The van der Waals surface area contributed by atoms with Crippen LogP contribution >= 0.6 is 0 Å². The van der Waals surface area contributed by atoms with Gasteiger partial charge in [-0.15, -0.1) is 0 Å². The van der Waals surface area contributed by atoms with E-state index >= 15 is 0 Å². The first-order valence-electron chi connectivity index (χ1n) is 13.9. The lowest BCUT2D eigenvalue weighted by Gasteiger charge is -2.24. The van der Waals surface area contributed by atoms with Crippen molar-refractivity contribution >= 4 is 23.5 Å². The molecule has 0 bridgehead atoms. The van der Waals surface area contributed by atoms with E-state index in [2.05, 4.69) is 25.5 Å². The van der Waals surface area contributed by atoms with Crippen LogP contribution in [0.15, 0.2) is 42.9 Å². The molecule has 2 aliphatic rings. The van der Waals surface area contributed by atoms with E-state index in [0.29, 0.717) is 22.9 Å². The van der Waals surface area contributed by atoms with Gasteiger partial charge in [0.15, 0.2) is 23.3 Å². The fraction of sp³-hybridized carbons (Fsp3) is 0.448. The Morgan fingerprint density at radius 1 is 1.14 bits per heavy atom. The lowest BCUT2D eigenvalue weighted by atomic mass is 10.2. The number of rotatable bonds is 6. The summed E-state index contributed by atoms with van der Waals surface area (Å²) in [7, 11) is 1.64. The molecule has 1 N–H and O–H groups in total. The molecule has 5 heterocycles. The van der Waals surface area contributed by atoms with Crippen LogP contribution in [0.2, 0.25) is 0 Å². The Hall–Kier alpha value is -4.62. The van der Waals surface area contributed by atoms with E-state index in [1.165, 1.54) is 15.4 Å². The zero-order valence-corrected chi connectivity index (χ0v) is 24.4. The molecule has 4 aromatic rings. The number of nitrogens with zero attached hydrogens (tertiary/aromatic N) is 7. The number of carbonyl (C=O) groups is 2. The van der Waals surface area contributed by atoms with Crippen molar-refractivity contribution in [2.45, 2.75) is 57.7 Å². The number of alkyl halides is 2. The summed E-state index contributed by atoms with van der Waals surface area (Å²) in [6.45, 7) is 5.80. The molecule has 0 radical (unpaired) electrons. The number of fused-ring (bicyclic) bond motifs is 1.